The second kappa shape index (κ2) is 8.70. The van der Waals surface area contributed by atoms with Gasteiger partial charge in [-0.05, 0) is 70.8 Å². The molecule has 0 heterocycles. The lowest BCUT2D eigenvalue weighted by Crippen LogP contribution is -2.09. The highest BCUT2D eigenvalue weighted by molar-refractivity contribution is 5.84. The SMILES string of the molecule is COc1ccc2cc(C(C)CNc3ccc(Oc4ccccc4)cc3)ccc2c1. The van der Waals surface area contributed by atoms with Crippen LogP contribution in [0.15, 0.2) is 91.0 Å². The van der Waals surface area contributed by atoms with Crippen molar-refractivity contribution in [2.45, 2.75) is 12.8 Å². The normalized spacial score (nSPS) is 11.8. The van der Waals surface area contributed by atoms with Gasteiger partial charge in [0.25, 0.3) is 0 Å². The van der Waals surface area contributed by atoms with Gasteiger partial charge in [0.15, 0.2) is 0 Å². The van der Waals surface area contributed by atoms with Crippen LogP contribution in [0.2, 0.25) is 0 Å². The van der Waals surface area contributed by atoms with Crippen LogP contribution in [0.4, 0.5) is 5.69 Å². The molecule has 0 aliphatic heterocycles. The number of para-hydroxylation sites is 1. The van der Waals surface area contributed by atoms with E-state index in [-0.39, 0.29) is 0 Å². The first kappa shape index (κ1) is 18.9. The maximum Gasteiger partial charge on any atom is 0.127 e. The molecule has 146 valence electrons. The van der Waals surface area contributed by atoms with Crippen molar-refractivity contribution in [3.05, 3.63) is 96.6 Å². The average Bonchev–Trinajstić information content (AvgIpc) is 2.78. The van der Waals surface area contributed by atoms with Crippen LogP contribution in [0.3, 0.4) is 0 Å². The Balaban J connectivity index is 1.37. The Hall–Kier alpha value is -3.46. The van der Waals surface area contributed by atoms with Crippen LogP contribution in [0.5, 0.6) is 17.2 Å². The monoisotopic (exact) mass is 383 g/mol. The summed E-state index contributed by atoms with van der Waals surface area (Å²) in [6, 6.07) is 30.7. The second-order valence-electron chi connectivity index (χ2n) is 7.19. The molecule has 0 aromatic heterocycles. The fraction of sp³-hybridized carbons (Fsp3) is 0.154. The predicted octanol–water partition coefficient (Wildman–Crippen LogP) is 6.86. The fourth-order valence-corrected chi connectivity index (χ4v) is 3.33. The Morgan fingerprint density at radius 2 is 1.38 bits per heavy atom. The van der Waals surface area contributed by atoms with Crippen molar-refractivity contribution in [3.8, 4) is 17.2 Å². The summed E-state index contributed by atoms with van der Waals surface area (Å²) in [5, 5.41) is 5.96. The van der Waals surface area contributed by atoms with E-state index in [9.17, 15) is 0 Å². The third-order valence-electron chi connectivity index (χ3n) is 5.09. The van der Waals surface area contributed by atoms with Crippen LogP contribution in [0.25, 0.3) is 10.8 Å². The number of methoxy groups -OCH3 is 1. The Morgan fingerprint density at radius 1 is 0.724 bits per heavy atom. The molecule has 0 aliphatic rings. The number of hydrogen-bond donors (Lipinski definition) is 1. The minimum atomic E-state index is 0.391. The highest BCUT2D eigenvalue weighted by Gasteiger charge is 2.07. The van der Waals surface area contributed by atoms with Crippen LogP contribution >= 0.6 is 0 Å². The van der Waals surface area contributed by atoms with Gasteiger partial charge in [-0.25, -0.2) is 0 Å². The molecule has 0 fully saturated rings. The van der Waals surface area contributed by atoms with Gasteiger partial charge in [-0.1, -0.05) is 49.4 Å². The van der Waals surface area contributed by atoms with E-state index >= 15 is 0 Å². The molecule has 4 aromatic carbocycles. The van der Waals surface area contributed by atoms with Gasteiger partial charge >= 0.3 is 0 Å². The van der Waals surface area contributed by atoms with E-state index in [1.807, 2.05) is 48.5 Å². The van der Waals surface area contributed by atoms with E-state index in [2.05, 4.69) is 54.7 Å². The molecule has 0 bridgehead atoms. The average molecular weight is 383 g/mol. The summed E-state index contributed by atoms with van der Waals surface area (Å²) in [5.41, 5.74) is 2.40. The summed E-state index contributed by atoms with van der Waals surface area (Å²) >= 11 is 0. The van der Waals surface area contributed by atoms with Crippen molar-refractivity contribution in [2.75, 3.05) is 19.0 Å². The van der Waals surface area contributed by atoms with Crippen molar-refractivity contribution >= 4 is 16.5 Å². The highest BCUT2D eigenvalue weighted by Crippen LogP contribution is 2.26. The van der Waals surface area contributed by atoms with Gasteiger partial charge in [0.1, 0.15) is 17.2 Å². The Labute approximate surface area is 171 Å². The van der Waals surface area contributed by atoms with Crippen molar-refractivity contribution in [1.82, 2.24) is 0 Å². The highest BCUT2D eigenvalue weighted by atomic mass is 16.5. The number of nitrogens with one attached hydrogen (secondary N) is 1. The van der Waals surface area contributed by atoms with E-state index in [0.717, 1.165) is 29.5 Å². The van der Waals surface area contributed by atoms with Crippen molar-refractivity contribution in [1.29, 1.82) is 0 Å². The molecule has 0 aliphatic carbocycles. The third-order valence-corrected chi connectivity index (χ3v) is 5.09. The number of benzene rings is 4. The first-order valence-corrected chi connectivity index (χ1v) is 9.86. The van der Waals surface area contributed by atoms with Gasteiger partial charge in [0.2, 0.25) is 0 Å². The molecule has 0 spiro atoms. The lowest BCUT2D eigenvalue weighted by atomic mass is 9.97. The van der Waals surface area contributed by atoms with Gasteiger partial charge in [-0.3, -0.25) is 0 Å². The van der Waals surface area contributed by atoms with E-state index in [4.69, 9.17) is 9.47 Å². The molecule has 1 atom stereocenters. The third kappa shape index (κ3) is 4.69. The maximum atomic E-state index is 5.85. The Kier molecular flexibility index (Phi) is 5.66. The Morgan fingerprint density at radius 3 is 2.14 bits per heavy atom. The number of ether oxygens (including phenoxy) is 2. The van der Waals surface area contributed by atoms with Crippen molar-refractivity contribution < 1.29 is 9.47 Å². The number of hydrogen-bond acceptors (Lipinski definition) is 3. The van der Waals surface area contributed by atoms with Gasteiger partial charge in [-0.15, -0.1) is 0 Å². The summed E-state index contributed by atoms with van der Waals surface area (Å²) in [5.74, 6) is 2.96. The summed E-state index contributed by atoms with van der Waals surface area (Å²) in [6.45, 7) is 3.10. The zero-order valence-electron chi connectivity index (χ0n) is 16.8. The quantitative estimate of drug-likeness (QED) is 0.378. The molecule has 1 unspecified atom stereocenters. The molecule has 29 heavy (non-hydrogen) atoms. The number of fused-ring (bicyclic) bond motifs is 1. The summed E-state index contributed by atoms with van der Waals surface area (Å²) in [6.07, 6.45) is 0. The summed E-state index contributed by atoms with van der Waals surface area (Å²) < 4.78 is 11.2. The maximum absolute atomic E-state index is 5.85. The summed E-state index contributed by atoms with van der Waals surface area (Å²) in [4.78, 5) is 0. The standard InChI is InChI=1S/C26H25NO2/c1-19(20-8-9-22-17-26(28-2)13-10-21(22)16-20)18-27-23-11-14-25(15-12-23)29-24-6-4-3-5-7-24/h3-17,19,27H,18H2,1-2H3. The van der Waals surface area contributed by atoms with E-state index < -0.39 is 0 Å². The smallest absolute Gasteiger partial charge is 0.127 e. The molecule has 3 heteroatoms. The van der Waals surface area contributed by atoms with Crippen LogP contribution < -0.4 is 14.8 Å². The first-order chi connectivity index (χ1) is 14.2. The van der Waals surface area contributed by atoms with Gasteiger partial charge < -0.3 is 14.8 Å². The lowest BCUT2D eigenvalue weighted by Gasteiger charge is -2.15. The fourth-order valence-electron chi connectivity index (χ4n) is 3.33. The zero-order valence-corrected chi connectivity index (χ0v) is 16.8. The van der Waals surface area contributed by atoms with E-state index in [0.29, 0.717) is 5.92 Å². The largest absolute Gasteiger partial charge is 0.497 e. The number of anilines is 1. The van der Waals surface area contributed by atoms with Crippen LogP contribution in [-0.4, -0.2) is 13.7 Å². The lowest BCUT2D eigenvalue weighted by molar-refractivity contribution is 0.415. The molecule has 0 amide bonds. The van der Waals surface area contributed by atoms with Gasteiger partial charge in [0, 0.05) is 12.2 Å². The van der Waals surface area contributed by atoms with Gasteiger partial charge in [0.05, 0.1) is 7.11 Å². The molecule has 0 saturated carbocycles. The molecular weight excluding hydrogens is 358 g/mol. The predicted molar refractivity (Wildman–Crippen MR) is 120 cm³/mol. The summed E-state index contributed by atoms with van der Waals surface area (Å²) in [7, 11) is 1.70. The first-order valence-electron chi connectivity index (χ1n) is 9.86. The second-order valence-corrected chi connectivity index (χ2v) is 7.19. The van der Waals surface area contributed by atoms with Crippen LogP contribution in [0.1, 0.15) is 18.4 Å². The Bertz CT molecular complexity index is 1070. The van der Waals surface area contributed by atoms with E-state index in [1.165, 1.54) is 16.3 Å². The van der Waals surface area contributed by atoms with Gasteiger partial charge in [-0.2, -0.15) is 0 Å². The molecule has 3 nitrogen and oxygen atoms in total. The van der Waals surface area contributed by atoms with Crippen LogP contribution in [-0.2, 0) is 0 Å². The molecule has 4 aromatic rings. The number of rotatable bonds is 7. The molecule has 0 radical (unpaired) electrons. The minimum absolute atomic E-state index is 0.391. The molecular formula is C26H25NO2. The minimum Gasteiger partial charge on any atom is -0.497 e. The van der Waals surface area contributed by atoms with E-state index in [1.54, 1.807) is 7.11 Å². The van der Waals surface area contributed by atoms with Crippen molar-refractivity contribution in [3.63, 3.8) is 0 Å². The zero-order chi connectivity index (χ0) is 20.1. The topological polar surface area (TPSA) is 30.5 Å². The van der Waals surface area contributed by atoms with Crippen molar-refractivity contribution in [2.24, 2.45) is 0 Å². The van der Waals surface area contributed by atoms with Crippen LogP contribution in [0, 0.1) is 0 Å². The molecule has 4 rings (SSSR count). The molecule has 1 N–H and O–H groups in total. The molecule has 0 saturated heterocycles.